The van der Waals surface area contributed by atoms with Crippen LogP contribution in [0.1, 0.15) is 43.9 Å². The van der Waals surface area contributed by atoms with Crippen LogP contribution in [0.4, 0.5) is 33.5 Å². The predicted octanol–water partition coefficient (Wildman–Crippen LogP) is 3.09. The van der Waals surface area contributed by atoms with Crippen LogP contribution >= 0.6 is 7.82 Å². The molecule has 4 rings (SSSR count). The molecule has 0 saturated heterocycles. The number of anilines is 5. The second-order valence-electron chi connectivity index (χ2n) is 6.82. The lowest BCUT2D eigenvalue weighted by atomic mass is 10.1. The number of methoxy groups -OCH3 is 3. The maximum absolute atomic E-state index is 15.7. The number of halogens is 1. The van der Waals surface area contributed by atoms with Crippen molar-refractivity contribution in [3.63, 3.8) is 0 Å². The zero-order chi connectivity index (χ0) is 49.6. The van der Waals surface area contributed by atoms with Crippen LogP contribution in [-0.4, -0.2) is 64.0 Å². The van der Waals surface area contributed by atoms with Crippen molar-refractivity contribution in [1.82, 2.24) is 15.0 Å². The lowest BCUT2D eigenvalue weighted by Crippen LogP contribution is -2.53. The van der Waals surface area contributed by atoms with E-state index in [9.17, 15) is 19.1 Å². The summed E-state index contributed by atoms with van der Waals surface area (Å²) < 4.78 is 241. The van der Waals surface area contributed by atoms with Crippen molar-refractivity contribution in [2.45, 2.75) is 19.3 Å². The number of benzene rings is 1. The van der Waals surface area contributed by atoms with Crippen molar-refractivity contribution >= 4 is 42.8 Å². The van der Waals surface area contributed by atoms with E-state index in [1.54, 1.807) is 0 Å². The second kappa shape index (κ2) is 11.1. The summed E-state index contributed by atoms with van der Waals surface area (Å²) in [4.78, 5) is 42.3. The predicted molar refractivity (Wildman–Crippen MR) is 139 cm³/mol. The maximum atomic E-state index is 15.7. The number of ether oxygens (including phenoxy) is 4. The monoisotopic (exact) mass is 604 g/mol. The van der Waals surface area contributed by atoms with E-state index in [4.69, 9.17) is 37.7 Å². The van der Waals surface area contributed by atoms with Crippen LogP contribution in [0, 0.1) is 5.82 Å². The topological polar surface area (TPSA) is 187 Å². The number of nitrogens with one attached hydrogen (secondary N) is 2. The minimum Gasteiger partial charge on any atom is -0.493 e. The summed E-state index contributed by atoms with van der Waals surface area (Å²) in [6.45, 7) is -12.7. The van der Waals surface area contributed by atoms with Gasteiger partial charge in [-0.05, 0) is 25.8 Å². The fourth-order valence-electron chi connectivity index (χ4n) is 2.65. The van der Waals surface area contributed by atoms with Gasteiger partial charge in [-0.25, -0.2) is 18.9 Å². The van der Waals surface area contributed by atoms with E-state index in [0.29, 0.717) is 0 Å². The highest BCUT2D eigenvalue weighted by Crippen LogP contribution is 2.42. The molecule has 3 aromatic rings. The third kappa shape index (κ3) is 6.15. The Bertz CT molecular complexity index is 2350. The molecule has 1 aromatic carbocycles. The third-order valence-corrected chi connectivity index (χ3v) is 4.51. The Morgan fingerprint density at radius 3 is 2.58 bits per heavy atom. The number of nitrogens with zero attached hydrogens (tertiary/aromatic N) is 4. The Balaban J connectivity index is 2.06. The number of hydrogen-bond donors (Lipinski definition) is 4. The van der Waals surface area contributed by atoms with E-state index < -0.39 is 159 Å². The lowest BCUT2D eigenvalue weighted by molar-refractivity contribution is -0.133. The fourth-order valence-corrected chi connectivity index (χ4v) is 2.84. The smallest absolute Gasteiger partial charge is 0.471 e. The first kappa shape index (κ1) is 11.0. The van der Waals surface area contributed by atoms with Gasteiger partial charge < -0.3 is 39.4 Å². The number of amides is 1. The van der Waals surface area contributed by atoms with Gasteiger partial charge in [0.15, 0.2) is 43.1 Å². The van der Waals surface area contributed by atoms with Crippen molar-refractivity contribution in [1.29, 1.82) is 0 Å². The van der Waals surface area contributed by atoms with E-state index >= 15 is 4.39 Å². The van der Waals surface area contributed by atoms with Gasteiger partial charge in [0.1, 0.15) is 12.5 Å². The Hall–Kier alpha value is -4.24. The number of carbonyl (C=O) groups is 1. The van der Waals surface area contributed by atoms with E-state index in [1.807, 2.05) is 0 Å². The number of fused-ring (bicyclic) bond motifs is 1. The number of rotatable bonds is 10. The summed E-state index contributed by atoms with van der Waals surface area (Å²) in [5.74, 6) is -16.8. The van der Waals surface area contributed by atoms with Gasteiger partial charge in [-0.15, -0.1) is 0 Å². The molecule has 0 bridgehead atoms. The van der Waals surface area contributed by atoms with Crippen LogP contribution in [0.15, 0.2) is 30.3 Å². The van der Waals surface area contributed by atoms with Gasteiger partial charge >= 0.3 is 7.82 Å². The highest BCUT2D eigenvalue weighted by molar-refractivity contribution is 7.46. The number of aromatic nitrogens is 3. The normalized spacial score (nSPS) is 24.9. The summed E-state index contributed by atoms with van der Waals surface area (Å²) in [7, 11) is -16.9. The molecule has 0 spiro atoms. The van der Waals surface area contributed by atoms with E-state index in [-0.39, 0.29) is 5.31 Å². The fraction of sp³-hybridized carbons (Fsp3) is 0.304. The van der Waals surface area contributed by atoms with E-state index in [1.165, 1.54) is 0 Å². The van der Waals surface area contributed by atoms with Crippen molar-refractivity contribution < 1.29 is 80.0 Å². The molecule has 40 heavy (non-hydrogen) atoms. The molecule has 0 fully saturated rings. The number of phosphoric acid groups is 1. The molecule has 0 radical (unpaired) electrons. The Labute approximate surface area is 261 Å². The Kier molecular flexibility index (Phi) is 3.04. The van der Waals surface area contributed by atoms with Gasteiger partial charge in [0.25, 0.3) is 5.91 Å². The highest BCUT2D eigenvalue weighted by atomic mass is 31.2. The van der Waals surface area contributed by atoms with Gasteiger partial charge in [-0.3, -0.25) is 14.2 Å². The van der Waals surface area contributed by atoms with E-state index in [0.717, 1.165) is 0 Å². The molecule has 214 valence electrons. The highest BCUT2D eigenvalue weighted by Gasteiger charge is 2.42. The van der Waals surface area contributed by atoms with Crippen molar-refractivity contribution in [3.05, 3.63) is 36.2 Å². The average molecular weight is 605 g/mol. The SMILES string of the molecule is [2H]c1nc(N([2H])c2c([2H])c(OC([2H])([2H])[2H])c(OC([2H])([2H])[2H])c(OC([2H])([2H])[2H])c2[2H])nc(N([2H])c2nc3c(c([2H])c2[2H])OC(C([2H])([2H])[2H])(C([2H])([2H])[2H])C(=O)N3C([2H])([2H])OP(=O)(O)O)c1F. The first-order chi connectivity index (χ1) is 28.5. The largest absolute Gasteiger partial charge is 0.493 e. The number of hydrogen-bond acceptors (Lipinski definition) is 12. The standard InChI is InChI=1S/C23H26FN6O9P/c1-23(2)21(31)30(11-38-40(32,33)34)20-14(39-23)6-7-17(28-20)27-19-13(24)10-25-22(29-19)26-12-8-15(35-3)18(37-5)16(9-12)36-4/h6-10H,11H2,1-5H3,(H2,32,33,34)(H2,25,26,27,28,29)/i1D3,2D3,3D3,4D3,5D3,6D,7D,8D,9D,10D,11D2/hD2. The van der Waals surface area contributed by atoms with Gasteiger partial charge in [-0.2, -0.15) is 4.98 Å². The van der Waals surface area contributed by atoms with Crippen LogP contribution in [0.2, 0.25) is 2.82 Å². The first-order valence-corrected chi connectivity index (χ1v) is 11.2. The molecule has 17 heteroatoms. The van der Waals surface area contributed by atoms with Crippen LogP contribution in [0.3, 0.4) is 0 Å². The molecule has 0 saturated carbocycles. The van der Waals surface area contributed by atoms with E-state index in [2.05, 4.69) is 33.7 Å². The summed E-state index contributed by atoms with van der Waals surface area (Å²) in [6.07, 6.45) is -1.62. The molecular weight excluding hydrogens is 554 g/mol. The van der Waals surface area contributed by atoms with Gasteiger partial charge in [-0.1, -0.05) is 0 Å². The second-order valence-corrected chi connectivity index (χ2v) is 7.99. The summed E-state index contributed by atoms with van der Waals surface area (Å²) in [6, 6.07) is -6.06. The summed E-state index contributed by atoms with van der Waals surface area (Å²) >= 11 is 0. The number of phosphoric ester groups is 1. The molecular formula is C23H26FN6O9P. The van der Waals surface area contributed by atoms with Crippen LogP contribution in [-0.2, 0) is 13.9 Å². The zero-order valence-electron chi connectivity index (χ0n) is 42.8. The minimum atomic E-state index is -6.11. The first-order valence-electron chi connectivity index (χ1n) is 21.5. The molecule has 15 nitrogen and oxygen atoms in total. The maximum Gasteiger partial charge on any atom is 0.471 e. The van der Waals surface area contributed by atoms with Crippen LogP contribution in [0.5, 0.6) is 23.0 Å². The molecule has 4 N–H and O–H groups in total. The molecule has 0 unspecified atom stereocenters. The molecule has 1 aliphatic heterocycles. The molecule has 1 aliphatic rings. The Morgan fingerprint density at radius 1 is 1.20 bits per heavy atom. The summed E-state index contributed by atoms with van der Waals surface area (Å²) in [5, 5.41) is -0.770. The molecule has 2 aromatic heterocycles. The molecule has 0 atom stereocenters. The van der Waals surface area contributed by atoms with Gasteiger partial charge in [0.2, 0.25) is 11.7 Å². The molecule has 0 aliphatic carbocycles. The quantitative estimate of drug-likeness (QED) is 0.247. The number of carbonyl (C=O) groups excluding carboxylic acids is 1. The van der Waals surface area contributed by atoms with Gasteiger partial charge in [0, 0.05) is 26.0 Å². The average Bonchev–Trinajstić information content (AvgIpc) is 3.06. The van der Waals surface area contributed by atoms with Crippen LogP contribution in [0.25, 0.3) is 0 Å². The zero-order valence-corrected chi connectivity index (χ0v) is 19.7. The molecule has 3 heterocycles. The summed E-state index contributed by atoms with van der Waals surface area (Å²) in [5.41, 5.74) is -5.61. The molecule has 1 amide bonds. The van der Waals surface area contributed by atoms with Crippen molar-refractivity contribution in [2.75, 3.05) is 43.3 Å². The number of pyridine rings is 1. The van der Waals surface area contributed by atoms with Crippen molar-refractivity contribution in [2.24, 2.45) is 0 Å². The minimum absolute atomic E-state index is 0.319. The Morgan fingerprint density at radius 2 is 1.93 bits per heavy atom. The van der Waals surface area contributed by atoms with Crippen molar-refractivity contribution in [3.8, 4) is 23.0 Å². The van der Waals surface area contributed by atoms with Crippen LogP contribution < -0.4 is 34.5 Å². The van der Waals surface area contributed by atoms with Gasteiger partial charge in [0.05, 0.1) is 49.2 Å². The third-order valence-electron chi connectivity index (χ3n) is 4.19. The lowest BCUT2D eigenvalue weighted by Gasteiger charge is -2.37.